The summed E-state index contributed by atoms with van der Waals surface area (Å²) >= 11 is 0. The summed E-state index contributed by atoms with van der Waals surface area (Å²) < 4.78 is 28.2. The second-order valence-electron chi connectivity index (χ2n) is 6.95. The van der Waals surface area contributed by atoms with Crippen LogP contribution in [0.5, 0.6) is 28.7 Å². The van der Waals surface area contributed by atoms with Gasteiger partial charge in [-0.3, -0.25) is 0 Å². The zero-order chi connectivity index (χ0) is 18.4. The van der Waals surface area contributed by atoms with Crippen molar-refractivity contribution in [3.63, 3.8) is 0 Å². The van der Waals surface area contributed by atoms with Crippen molar-refractivity contribution in [1.29, 1.82) is 0 Å². The highest BCUT2D eigenvalue weighted by Crippen LogP contribution is 2.48. The SMILES string of the molecule is COc1c2[nH]c3c4c(ccc3c2cc2c1[nH]c1c3c(ccc12)OCO3)OCO4. The highest BCUT2D eigenvalue weighted by molar-refractivity contribution is 6.22. The highest BCUT2D eigenvalue weighted by atomic mass is 16.7. The molecule has 0 spiro atoms. The van der Waals surface area contributed by atoms with E-state index in [9.17, 15) is 0 Å². The summed E-state index contributed by atoms with van der Waals surface area (Å²) in [7, 11) is 1.68. The van der Waals surface area contributed by atoms with Gasteiger partial charge in [0.15, 0.2) is 28.7 Å². The van der Waals surface area contributed by atoms with Crippen molar-refractivity contribution in [2.45, 2.75) is 0 Å². The molecule has 2 aromatic heterocycles. The number of methoxy groups -OCH3 is 1. The Morgan fingerprint density at radius 3 is 1.71 bits per heavy atom. The van der Waals surface area contributed by atoms with Gasteiger partial charge in [0, 0.05) is 21.5 Å². The quantitative estimate of drug-likeness (QED) is 0.454. The van der Waals surface area contributed by atoms with Gasteiger partial charge in [0.05, 0.1) is 29.2 Å². The van der Waals surface area contributed by atoms with Crippen molar-refractivity contribution in [3.8, 4) is 28.7 Å². The molecule has 0 bridgehead atoms. The summed E-state index contributed by atoms with van der Waals surface area (Å²) in [5.41, 5.74) is 3.65. The van der Waals surface area contributed by atoms with Crippen LogP contribution in [0.2, 0.25) is 0 Å². The Hall–Kier alpha value is -3.74. The van der Waals surface area contributed by atoms with Crippen LogP contribution in [0.4, 0.5) is 0 Å². The number of rotatable bonds is 1. The Morgan fingerprint density at radius 2 is 1.21 bits per heavy atom. The van der Waals surface area contributed by atoms with E-state index >= 15 is 0 Å². The van der Waals surface area contributed by atoms with Crippen LogP contribution in [-0.2, 0) is 0 Å². The predicted octanol–water partition coefficient (Wildman–Crippen LogP) is 4.42. The van der Waals surface area contributed by atoms with Crippen LogP contribution in [-0.4, -0.2) is 30.7 Å². The number of fused-ring (bicyclic) bond motifs is 10. The van der Waals surface area contributed by atoms with Crippen molar-refractivity contribution in [2.75, 3.05) is 20.7 Å². The van der Waals surface area contributed by atoms with Crippen molar-refractivity contribution < 1.29 is 23.7 Å². The van der Waals surface area contributed by atoms with E-state index in [0.29, 0.717) is 0 Å². The van der Waals surface area contributed by atoms with Crippen molar-refractivity contribution in [2.24, 2.45) is 0 Å². The van der Waals surface area contributed by atoms with E-state index in [1.165, 1.54) is 0 Å². The molecule has 7 rings (SSSR count). The third kappa shape index (κ3) is 1.56. The summed E-state index contributed by atoms with van der Waals surface area (Å²) in [6, 6.07) is 10.2. The molecule has 0 amide bonds. The molecule has 0 aliphatic carbocycles. The van der Waals surface area contributed by atoms with E-state index in [-0.39, 0.29) is 13.6 Å². The zero-order valence-electron chi connectivity index (χ0n) is 14.8. The van der Waals surface area contributed by atoms with Crippen LogP contribution in [0.25, 0.3) is 43.6 Å². The highest BCUT2D eigenvalue weighted by Gasteiger charge is 2.25. The first-order valence-corrected chi connectivity index (χ1v) is 8.98. The number of hydrogen-bond donors (Lipinski definition) is 2. The molecule has 0 saturated heterocycles. The standard InChI is InChI=1S/C21H14N2O5/c1-24-21-17-11(9-2-4-13-19(15(9)22-17)27-7-25-13)6-12-10-3-5-14-20(28-8-26-14)16(10)23-18(12)21/h2-6,22-23H,7-8H2,1H3. The van der Waals surface area contributed by atoms with Crippen LogP contribution in [0.3, 0.4) is 0 Å². The number of H-pyrrole nitrogens is 2. The van der Waals surface area contributed by atoms with E-state index in [4.69, 9.17) is 23.7 Å². The number of ether oxygens (including phenoxy) is 5. The van der Waals surface area contributed by atoms with Gasteiger partial charge in [0.1, 0.15) is 0 Å². The van der Waals surface area contributed by atoms with Crippen LogP contribution in [0.15, 0.2) is 30.3 Å². The first-order valence-electron chi connectivity index (χ1n) is 8.98. The summed E-state index contributed by atoms with van der Waals surface area (Å²) in [5, 5.41) is 4.26. The van der Waals surface area contributed by atoms with E-state index in [0.717, 1.165) is 72.4 Å². The summed E-state index contributed by atoms with van der Waals surface area (Å²) in [6.07, 6.45) is 0. The van der Waals surface area contributed by atoms with E-state index in [1.54, 1.807) is 7.11 Å². The lowest BCUT2D eigenvalue weighted by molar-refractivity contribution is 0.174. The van der Waals surface area contributed by atoms with Gasteiger partial charge in [-0.2, -0.15) is 0 Å². The minimum Gasteiger partial charge on any atom is -0.492 e. The largest absolute Gasteiger partial charge is 0.492 e. The molecule has 2 aliphatic heterocycles. The van der Waals surface area contributed by atoms with Gasteiger partial charge in [0.2, 0.25) is 13.6 Å². The lowest BCUT2D eigenvalue weighted by Crippen LogP contribution is -1.93. The zero-order valence-corrected chi connectivity index (χ0v) is 14.8. The Bertz CT molecular complexity index is 1360. The molecular weight excluding hydrogens is 360 g/mol. The molecule has 7 nitrogen and oxygen atoms in total. The second kappa shape index (κ2) is 4.75. The van der Waals surface area contributed by atoms with Gasteiger partial charge in [-0.05, 0) is 30.3 Å². The van der Waals surface area contributed by atoms with Gasteiger partial charge in [-0.1, -0.05) is 0 Å². The summed E-state index contributed by atoms with van der Waals surface area (Å²) in [5.74, 6) is 3.74. The van der Waals surface area contributed by atoms with Gasteiger partial charge < -0.3 is 33.7 Å². The van der Waals surface area contributed by atoms with Crippen LogP contribution >= 0.6 is 0 Å². The van der Waals surface area contributed by atoms with Crippen molar-refractivity contribution in [3.05, 3.63) is 30.3 Å². The third-order valence-electron chi connectivity index (χ3n) is 5.64. The number of hydrogen-bond acceptors (Lipinski definition) is 5. The Balaban J connectivity index is 1.67. The predicted molar refractivity (Wildman–Crippen MR) is 104 cm³/mol. The monoisotopic (exact) mass is 374 g/mol. The van der Waals surface area contributed by atoms with Crippen molar-refractivity contribution >= 4 is 43.6 Å². The van der Waals surface area contributed by atoms with Gasteiger partial charge in [-0.25, -0.2) is 0 Å². The van der Waals surface area contributed by atoms with E-state index in [2.05, 4.69) is 28.2 Å². The first-order chi connectivity index (χ1) is 13.8. The molecule has 0 saturated carbocycles. The fourth-order valence-corrected chi connectivity index (χ4v) is 4.43. The van der Waals surface area contributed by atoms with Gasteiger partial charge >= 0.3 is 0 Å². The summed E-state index contributed by atoms with van der Waals surface area (Å²) in [4.78, 5) is 6.96. The molecule has 2 aliphatic rings. The average Bonchev–Trinajstić information content (AvgIpc) is 3.47. The Kier molecular flexibility index (Phi) is 2.43. The molecule has 0 radical (unpaired) electrons. The molecule has 0 atom stereocenters. The number of aromatic amines is 2. The molecule has 5 aromatic rings. The van der Waals surface area contributed by atoms with Crippen LogP contribution < -0.4 is 23.7 Å². The fraction of sp³-hybridized carbons (Fsp3) is 0.143. The lowest BCUT2D eigenvalue weighted by Gasteiger charge is -2.04. The van der Waals surface area contributed by atoms with Gasteiger partial charge in [-0.15, -0.1) is 0 Å². The fourth-order valence-electron chi connectivity index (χ4n) is 4.43. The second-order valence-corrected chi connectivity index (χ2v) is 6.95. The Labute approximate surface area is 157 Å². The number of nitrogens with one attached hydrogen (secondary N) is 2. The molecule has 138 valence electrons. The molecule has 2 N–H and O–H groups in total. The maximum absolute atomic E-state index is 5.83. The molecular formula is C21H14N2O5. The molecule has 0 fully saturated rings. The molecule has 28 heavy (non-hydrogen) atoms. The van der Waals surface area contributed by atoms with Crippen LogP contribution in [0.1, 0.15) is 0 Å². The number of benzene rings is 3. The first kappa shape index (κ1) is 14.3. The normalized spacial score (nSPS) is 14.8. The third-order valence-corrected chi connectivity index (χ3v) is 5.64. The Morgan fingerprint density at radius 1 is 0.679 bits per heavy atom. The topological polar surface area (TPSA) is 77.7 Å². The maximum Gasteiger partial charge on any atom is 0.231 e. The number of aromatic nitrogens is 2. The summed E-state index contributed by atoms with van der Waals surface area (Å²) in [6.45, 7) is 0.471. The smallest absolute Gasteiger partial charge is 0.231 e. The minimum absolute atomic E-state index is 0.236. The molecule has 3 aromatic carbocycles. The van der Waals surface area contributed by atoms with Crippen molar-refractivity contribution in [1.82, 2.24) is 9.97 Å². The molecule has 4 heterocycles. The van der Waals surface area contributed by atoms with Gasteiger partial charge in [0.25, 0.3) is 0 Å². The molecule has 0 unspecified atom stereocenters. The maximum atomic E-state index is 5.83. The lowest BCUT2D eigenvalue weighted by atomic mass is 10.1. The molecule has 7 heteroatoms. The van der Waals surface area contributed by atoms with E-state index < -0.39 is 0 Å². The average molecular weight is 374 g/mol. The minimum atomic E-state index is 0.236. The van der Waals surface area contributed by atoms with E-state index in [1.807, 2.05) is 12.1 Å². The van der Waals surface area contributed by atoms with Crippen LogP contribution in [0, 0.1) is 0 Å².